The molecular formula is C19H26N6O4S. The van der Waals surface area contributed by atoms with Crippen LogP contribution < -0.4 is 10.4 Å². The number of imidazole rings is 2. The first kappa shape index (κ1) is 21.8. The molecule has 3 aromatic heterocycles. The number of aryl methyl sites for hydroxylation is 1. The number of nitrogens with one attached hydrogen (secondary N) is 1. The van der Waals surface area contributed by atoms with Crippen LogP contribution in [0, 0.1) is 0 Å². The number of carbonyl (C=O) groups excluding carboxylic acids is 1. The van der Waals surface area contributed by atoms with Crippen LogP contribution in [-0.4, -0.2) is 44.3 Å². The molecule has 0 aromatic carbocycles. The van der Waals surface area contributed by atoms with Crippen LogP contribution in [0.25, 0.3) is 11.0 Å². The van der Waals surface area contributed by atoms with E-state index in [1.807, 2.05) is 30.1 Å². The van der Waals surface area contributed by atoms with Gasteiger partial charge in [0, 0.05) is 18.8 Å². The van der Waals surface area contributed by atoms with E-state index in [9.17, 15) is 18.0 Å². The maximum atomic E-state index is 13.4. The SMILES string of the molecule is CCC(CC)n1c(=O)n(Cc2cncn2CC)c2cc(C(=O)NS(C)(=O)=O)ncc21. The van der Waals surface area contributed by atoms with Crippen molar-refractivity contribution in [3.63, 3.8) is 0 Å². The molecule has 3 heterocycles. The quantitative estimate of drug-likeness (QED) is 0.574. The highest BCUT2D eigenvalue weighted by atomic mass is 32.2. The highest BCUT2D eigenvalue weighted by molar-refractivity contribution is 7.89. The third-order valence-corrected chi connectivity index (χ3v) is 5.68. The van der Waals surface area contributed by atoms with E-state index in [-0.39, 0.29) is 24.0 Å². The molecule has 0 aliphatic carbocycles. The Kier molecular flexibility index (Phi) is 6.11. The van der Waals surface area contributed by atoms with Crippen LogP contribution in [0.2, 0.25) is 0 Å². The molecule has 0 unspecified atom stereocenters. The average Bonchev–Trinajstić information content (AvgIpc) is 3.25. The molecule has 0 saturated heterocycles. The Morgan fingerprint density at radius 2 is 1.87 bits per heavy atom. The van der Waals surface area contributed by atoms with Crippen LogP contribution in [0.1, 0.15) is 55.8 Å². The molecule has 0 atom stereocenters. The number of nitrogens with zero attached hydrogens (tertiary/aromatic N) is 5. The van der Waals surface area contributed by atoms with Crippen molar-refractivity contribution in [1.82, 2.24) is 28.4 Å². The topological polar surface area (TPSA) is 121 Å². The van der Waals surface area contributed by atoms with Crippen LogP contribution in [0.5, 0.6) is 0 Å². The third-order valence-electron chi connectivity index (χ3n) is 5.13. The molecular weight excluding hydrogens is 408 g/mol. The van der Waals surface area contributed by atoms with Gasteiger partial charge in [0.05, 0.1) is 42.1 Å². The Morgan fingerprint density at radius 3 is 2.47 bits per heavy atom. The number of hydrogen-bond donors (Lipinski definition) is 1. The summed E-state index contributed by atoms with van der Waals surface area (Å²) in [6.07, 6.45) is 7.29. The number of fused-ring (bicyclic) bond motifs is 1. The minimum atomic E-state index is -3.73. The lowest BCUT2D eigenvalue weighted by molar-refractivity contribution is 0.0977. The molecule has 10 nitrogen and oxygen atoms in total. The monoisotopic (exact) mass is 434 g/mol. The lowest BCUT2D eigenvalue weighted by atomic mass is 10.1. The molecule has 3 aromatic rings. The van der Waals surface area contributed by atoms with Gasteiger partial charge in [0.25, 0.3) is 5.91 Å². The first-order valence-electron chi connectivity index (χ1n) is 9.82. The second kappa shape index (κ2) is 8.42. The van der Waals surface area contributed by atoms with E-state index in [1.54, 1.807) is 21.7 Å². The highest BCUT2D eigenvalue weighted by Crippen LogP contribution is 2.22. The smallest absolute Gasteiger partial charge is 0.329 e. The fourth-order valence-corrected chi connectivity index (χ4v) is 4.05. The molecule has 0 spiro atoms. The Bertz CT molecular complexity index is 1230. The molecule has 0 bridgehead atoms. The maximum absolute atomic E-state index is 13.4. The maximum Gasteiger partial charge on any atom is 0.329 e. The number of carbonyl (C=O) groups is 1. The van der Waals surface area contributed by atoms with E-state index < -0.39 is 15.9 Å². The summed E-state index contributed by atoms with van der Waals surface area (Å²) in [5, 5.41) is 0. The number of amides is 1. The predicted molar refractivity (Wildman–Crippen MR) is 113 cm³/mol. The summed E-state index contributed by atoms with van der Waals surface area (Å²) in [4.78, 5) is 33.9. The minimum absolute atomic E-state index is 0.0187. The first-order valence-corrected chi connectivity index (χ1v) is 11.7. The summed E-state index contributed by atoms with van der Waals surface area (Å²) < 4.78 is 30.0. The second-order valence-electron chi connectivity index (χ2n) is 7.14. The van der Waals surface area contributed by atoms with Crippen molar-refractivity contribution in [3.05, 3.63) is 46.7 Å². The van der Waals surface area contributed by atoms with Crippen molar-refractivity contribution in [2.75, 3.05) is 6.26 Å². The van der Waals surface area contributed by atoms with Gasteiger partial charge < -0.3 is 4.57 Å². The molecule has 1 amide bonds. The van der Waals surface area contributed by atoms with Crippen molar-refractivity contribution in [2.24, 2.45) is 0 Å². The average molecular weight is 435 g/mol. The number of hydrogen-bond acceptors (Lipinski definition) is 6. The minimum Gasteiger partial charge on any atom is -0.333 e. The predicted octanol–water partition coefficient (Wildman–Crippen LogP) is 1.51. The molecule has 0 aliphatic heterocycles. The summed E-state index contributed by atoms with van der Waals surface area (Å²) in [6, 6.07) is 1.44. The Balaban J connectivity index is 2.21. The third kappa shape index (κ3) is 4.16. The van der Waals surface area contributed by atoms with Gasteiger partial charge in [-0.05, 0) is 25.8 Å². The normalized spacial score (nSPS) is 12.0. The first-order chi connectivity index (χ1) is 14.2. The number of rotatable bonds is 8. The Hall–Kier alpha value is -2.95. The molecule has 1 N–H and O–H groups in total. The van der Waals surface area contributed by atoms with Gasteiger partial charge in [-0.3, -0.25) is 13.9 Å². The molecule has 0 fully saturated rings. The van der Waals surface area contributed by atoms with Gasteiger partial charge >= 0.3 is 5.69 Å². The van der Waals surface area contributed by atoms with Crippen molar-refractivity contribution in [1.29, 1.82) is 0 Å². The number of sulfonamides is 1. The summed E-state index contributed by atoms with van der Waals surface area (Å²) in [7, 11) is -3.73. The summed E-state index contributed by atoms with van der Waals surface area (Å²) >= 11 is 0. The fraction of sp³-hybridized carbons (Fsp3) is 0.474. The van der Waals surface area contributed by atoms with E-state index in [2.05, 4.69) is 9.97 Å². The van der Waals surface area contributed by atoms with Crippen LogP contribution in [0.15, 0.2) is 29.6 Å². The van der Waals surface area contributed by atoms with Crippen LogP contribution in [-0.2, 0) is 23.1 Å². The Morgan fingerprint density at radius 1 is 1.17 bits per heavy atom. The summed E-state index contributed by atoms with van der Waals surface area (Å²) in [5.41, 5.74) is 1.69. The van der Waals surface area contributed by atoms with Gasteiger partial charge in [-0.15, -0.1) is 0 Å². The van der Waals surface area contributed by atoms with Crippen molar-refractivity contribution < 1.29 is 13.2 Å². The van der Waals surface area contributed by atoms with E-state index in [0.717, 1.165) is 24.8 Å². The molecule has 0 saturated carbocycles. The van der Waals surface area contributed by atoms with Crippen molar-refractivity contribution in [3.8, 4) is 0 Å². The molecule has 0 radical (unpaired) electrons. The van der Waals surface area contributed by atoms with Crippen molar-refractivity contribution >= 4 is 27.0 Å². The molecule has 3 rings (SSSR count). The number of pyridine rings is 1. The van der Waals surface area contributed by atoms with E-state index >= 15 is 0 Å². The lowest BCUT2D eigenvalue weighted by Gasteiger charge is -2.14. The van der Waals surface area contributed by atoms with Gasteiger partial charge in [0.15, 0.2) is 0 Å². The zero-order chi connectivity index (χ0) is 22.1. The summed E-state index contributed by atoms with van der Waals surface area (Å²) in [6.45, 7) is 6.99. The lowest BCUT2D eigenvalue weighted by Crippen LogP contribution is -2.30. The Labute approximate surface area is 174 Å². The highest BCUT2D eigenvalue weighted by Gasteiger charge is 2.22. The van der Waals surface area contributed by atoms with Gasteiger partial charge in [-0.1, -0.05) is 13.8 Å². The van der Waals surface area contributed by atoms with Gasteiger partial charge in [0.2, 0.25) is 10.0 Å². The van der Waals surface area contributed by atoms with Crippen molar-refractivity contribution in [2.45, 2.75) is 52.7 Å². The molecule has 0 aliphatic rings. The zero-order valence-electron chi connectivity index (χ0n) is 17.5. The molecule has 30 heavy (non-hydrogen) atoms. The second-order valence-corrected chi connectivity index (χ2v) is 8.89. The van der Waals surface area contributed by atoms with Crippen LogP contribution in [0.4, 0.5) is 0 Å². The van der Waals surface area contributed by atoms with E-state index in [1.165, 1.54) is 12.3 Å². The van der Waals surface area contributed by atoms with Gasteiger partial charge in [0.1, 0.15) is 5.69 Å². The standard InChI is InChI=1S/C19H26N6O4S/c1-5-13(6-2)25-17-10-21-15(18(26)22-30(4,28)29)8-16(17)24(19(25)27)11-14-9-20-12-23(14)7-3/h8-10,12-13H,5-7,11H2,1-4H3,(H,22,26). The number of aromatic nitrogens is 5. The molecule has 11 heteroatoms. The van der Waals surface area contributed by atoms with Crippen LogP contribution in [0.3, 0.4) is 0 Å². The van der Waals surface area contributed by atoms with E-state index in [4.69, 9.17) is 0 Å². The zero-order valence-corrected chi connectivity index (χ0v) is 18.3. The van der Waals surface area contributed by atoms with E-state index in [0.29, 0.717) is 17.6 Å². The van der Waals surface area contributed by atoms with Gasteiger partial charge in [-0.25, -0.2) is 27.9 Å². The fourth-order valence-electron chi connectivity index (χ4n) is 3.61. The largest absolute Gasteiger partial charge is 0.333 e. The van der Waals surface area contributed by atoms with Crippen LogP contribution >= 0.6 is 0 Å². The van der Waals surface area contributed by atoms with Gasteiger partial charge in [-0.2, -0.15) is 0 Å². The summed E-state index contributed by atoms with van der Waals surface area (Å²) in [5.74, 6) is -0.840. The molecule has 162 valence electrons.